The Balaban J connectivity index is 1.83. The van der Waals surface area contributed by atoms with E-state index in [9.17, 15) is 0 Å². The summed E-state index contributed by atoms with van der Waals surface area (Å²) in [5.41, 5.74) is 11.5. The first-order chi connectivity index (χ1) is 9.33. The second-order valence-electron chi connectivity index (χ2n) is 6.77. The second kappa shape index (κ2) is 4.26. The van der Waals surface area contributed by atoms with E-state index >= 15 is 0 Å². The largest absolute Gasteiger partial charge is 0.378 e. The van der Waals surface area contributed by atoms with Gasteiger partial charge in [-0.25, -0.2) is 0 Å². The highest BCUT2D eigenvalue weighted by molar-refractivity contribution is 5.22. The summed E-state index contributed by atoms with van der Waals surface area (Å²) in [6.45, 7) is 6.85. The van der Waals surface area contributed by atoms with Crippen LogP contribution in [0.25, 0.3) is 0 Å². The van der Waals surface area contributed by atoms with E-state index in [1.165, 1.54) is 0 Å². The summed E-state index contributed by atoms with van der Waals surface area (Å²) in [6, 6.07) is 0. The van der Waals surface area contributed by atoms with Crippen molar-refractivity contribution >= 4 is 0 Å². The highest BCUT2D eigenvalue weighted by Gasteiger charge is 2.62. The second-order valence-corrected chi connectivity index (χ2v) is 6.77. The fourth-order valence-corrected chi connectivity index (χ4v) is 3.19. The Morgan fingerprint density at radius 1 is 1.35 bits per heavy atom. The van der Waals surface area contributed by atoms with E-state index in [1.807, 2.05) is 6.92 Å². The minimum atomic E-state index is -0.627. The summed E-state index contributed by atoms with van der Waals surface area (Å²) >= 11 is 0. The number of hydrogen-bond acceptors (Lipinski definition) is 6. The van der Waals surface area contributed by atoms with Gasteiger partial charge in [-0.15, -0.1) is 0 Å². The van der Waals surface area contributed by atoms with E-state index in [0.29, 0.717) is 24.7 Å². The van der Waals surface area contributed by atoms with Crippen molar-refractivity contribution in [2.45, 2.75) is 63.6 Å². The third-order valence-corrected chi connectivity index (χ3v) is 5.33. The van der Waals surface area contributed by atoms with Crippen LogP contribution in [0.2, 0.25) is 0 Å². The number of nitrogens with zero attached hydrogens (tertiary/aromatic N) is 2. The Morgan fingerprint density at radius 2 is 2.05 bits per heavy atom. The average molecular weight is 280 g/mol. The molecule has 112 valence electrons. The third kappa shape index (κ3) is 1.68. The average Bonchev–Trinajstić information content (AvgIpc) is 2.85. The van der Waals surface area contributed by atoms with Crippen LogP contribution in [0.4, 0.5) is 0 Å². The smallest absolute Gasteiger partial charge is 0.247 e. The molecule has 6 heteroatoms. The number of aromatic nitrogens is 2. The molecular formula is C14H24N4O2. The molecule has 3 rings (SSSR count). The summed E-state index contributed by atoms with van der Waals surface area (Å²) in [6.07, 6.45) is 3.77. The molecule has 2 aliphatic rings. The van der Waals surface area contributed by atoms with Crippen LogP contribution in [-0.2, 0) is 15.8 Å². The van der Waals surface area contributed by atoms with Crippen molar-refractivity contribution in [3.05, 3.63) is 11.7 Å². The fourth-order valence-electron chi connectivity index (χ4n) is 3.19. The molecule has 4 N–H and O–H groups in total. The summed E-state index contributed by atoms with van der Waals surface area (Å²) in [5, 5.41) is 4.06. The standard InChI is InChI=1S/C14H24N4O2/c1-4-19-9-8-14(16,12(9,2)3)11-17-10(18-20-11)13(15)6-5-7-13/h9H,4-8,15-16H2,1-3H3. The first-order valence-corrected chi connectivity index (χ1v) is 7.37. The Labute approximate surface area is 119 Å². The SMILES string of the molecule is CCOC1CC(N)(c2nc(C3(N)CCC3)no2)C1(C)C. The van der Waals surface area contributed by atoms with Crippen LogP contribution >= 0.6 is 0 Å². The molecule has 0 radical (unpaired) electrons. The molecule has 2 atom stereocenters. The Bertz CT molecular complexity index is 509. The van der Waals surface area contributed by atoms with Crippen LogP contribution in [0.5, 0.6) is 0 Å². The summed E-state index contributed by atoms with van der Waals surface area (Å²) in [7, 11) is 0. The molecule has 2 saturated carbocycles. The number of nitrogens with two attached hydrogens (primary N) is 2. The van der Waals surface area contributed by atoms with Gasteiger partial charge in [0.1, 0.15) is 5.54 Å². The molecular weight excluding hydrogens is 256 g/mol. The highest BCUT2D eigenvalue weighted by Crippen LogP contribution is 2.55. The van der Waals surface area contributed by atoms with Crippen LogP contribution in [0.1, 0.15) is 58.2 Å². The third-order valence-electron chi connectivity index (χ3n) is 5.33. The van der Waals surface area contributed by atoms with Gasteiger partial charge in [-0.2, -0.15) is 4.98 Å². The van der Waals surface area contributed by atoms with Crippen molar-refractivity contribution in [2.24, 2.45) is 16.9 Å². The Hall–Kier alpha value is -0.980. The van der Waals surface area contributed by atoms with E-state index in [4.69, 9.17) is 20.7 Å². The van der Waals surface area contributed by atoms with Crippen molar-refractivity contribution < 1.29 is 9.26 Å². The summed E-state index contributed by atoms with van der Waals surface area (Å²) in [5.74, 6) is 1.09. The van der Waals surface area contributed by atoms with Crippen LogP contribution in [-0.4, -0.2) is 22.9 Å². The van der Waals surface area contributed by atoms with Gasteiger partial charge in [0.25, 0.3) is 0 Å². The zero-order valence-electron chi connectivity index (χ0n) is 12.5. The van der Waals surface area contributed by atoms with Gasteiger partial charge in [-0.3, -0.25) is 0 Å². The topological polar surface area (TPSA) is 100 Å². The maximum Gasteiger partial charge on any atom is 0.247 e. The monoisotopic (exact) mass is 280 g/mol. The van der Waals surface area contributed by atoms with E-state index in [2.05, 4.69) is 24.0 Å². The highest BCUT2D eigenvalue weighted by atomic mass is 16.5. The lowest BCUT2D eigenvalue weighted by atomic mass is 9.54. The van der Waals surface area contributed by atoms with Crippen LogP contribution in [0.3, 0.4) is 0 Å². The predicted molar refractivity (Wildman–Crippen MR) is 73.7 cm³/mol. The molecule has 0 aromatic carbocycles. The lowest BCUT2D eigenvalue weighted by Gasteiger charge is -2.56. The van der Waals surface area contributed by atoms with E-state index in [-0.39, 0.29) is 11.5 Å². The molecule has 1 aromatic heterocycles. The molecule has 2 unspecified atom stereocenters. The lowest BCUT2D eigenvalue weighted by Crippen LogP contribution is -2.67. The number of rotatable bonds is 4. The first-order valence-electron chi connectivity index (χ1n) is 7.37. The van der Waals surface area contributed by atoms with E-state index in [1.54, 1.807) is 0 Å². The normalized spacial score (nSPS) is 34.4. The minimum absolute atomic E-state index is 0.128. The molecule has 0 bridgehead atoms. The molecule has 0 saturated heterocycles. The van der Waals surface area contributed by atoms with Gasteiger partial charge in [0, 0.05) is 18.4 Å². The summed E-state index contributed by atoms with van der Waals surface area (Å²) < 4.78 is 11.2. The molecule has 2 fully saturated rings. The van der Waals surface area contributed by atoms with Crippen molar-refractivity contribution in [1.29, 1.82) is 0 Å². The van der Waals surface area contributed by atoms with Gasteiger partial charge in [-0.05, 0) is 26.2 Å². The summed E-state index contributed by atoms with van der Waals surface area (Å²) in [4.78, 5) is 4.50. The first kappa shape index (κ1) is 14.0. The van der Waals surface area contributed by atoms with E-state index < -0.39 is 11.1 Å². The fraction of sp³-hybridized carbons (Fsp3) is 0.857. The minimum Gasteiger partial charge on any atom is -0.378 e. The van der Waals surface area contributed by atoms with Crippen LogP contribution in [0, 0.1) is 5.41 Å². The van der Waals surface area contributed by atoms with Gasteiger partial charge < -0.3 is 20.7 Å². The van der Waals surface area contributed by atoms with Gasteiger partial charge in [0.15, 0.2) is 5.82 Å². The van der Waals surface area contributed by atoms with Gasteiger partial charge in [-0.1, -0.05) is 19.0 Å². The molecule has 1 aromatic rings. The molecule has 0 aliphatic heterocycles. The number of ether oxygens (including phenoxy) is 1. The van der Waals surface area contributed by atoms with Crippen molar-refractivity contribution in [3.8, 4) is 0 Å². The number of hydrogen-bond donors (Lipinski definition) is 2. The molecule has 6 nitrogen and oxygen atoms in total. The molecule has 0 amide bonds. The van der Waals surface area contributed by atoms with Crippen molar-refractivity contribution in [2.75, 3.05) is 6.61 Å². The predicted octanol–water partition coefficient (Wildman–Crippen LogP) is 1.40. The molecule has 1 heterocycles. The van der Waals surface area contributed by atoms with Crippen molar-refractivity contribution in [1.82, 2.24) is 10.1 Å². The molecule has 2 aliphatic carbocycles. The van der Waals surface area contributed by atoms with Crippen molar-refractivity contribution in [3.63, 3.8) is 0 Å². The Morgan fingerprint density at radius 3 is 2.55 bits per heavy atom. The van der Waals surface area contributed by atoms with Gasteiger partial charge >= 0.3 is 0 Å². The van der Waals surface area contributed by atoms with Crippen LogP contribution in [0.15, 0.2) is 4.52 Å². The molecule has 0 spiro atoms. The molecule has 20 heavy (non-hydrogen) atoms. The lowest BCUT2D eigenvalue weighted by molar-refractivity contribution is -0.162. The van der Waals surface area contributed by atoms with Crippen LogP contribution < -0.4 is 11.5 Å². The maximum absolute atomic E-state index is 6.52. The zero-order chi connectivity index (χ0) is 14.6. The van der Waals surface area contributed by atoms with E-state index in [0.717, 1.165) is 19.3 Å². The van der Waals surface area contributed by atoms with Gasteiger partial charge in [0.05, 0.1) is 11.6 Å². The Kier molecular flexibility index (Phi) is 2.97. The van der Waals surface area contributed by atoms with Gasteiger partial charge in [0.2, 0.25) is 5.89 Å². The quantitative estimate of drug-likeness (QED) is 0.864. The zero-order valence-corrected chi connectivity index (χ0v) is 12.5. The maximum atomic E-state index is 6.52.